The monoisotopic (exact) mass is 130 g/mol. The van der Waals surface area contributed by atoms with Crippen LogP contribution in [0.1, 0.15) is 48.0 Å². The summed E-state index contributed by atoms with van der Waals surface area (Å²) in [5.41, 5.74) is 0. The van der Waals surface area contributed by atoms with Gasteiger partial charge in [-0.05, 0) is 11.8 Å². The zero-order valence-corrected chi connectivity index (χ0v) is 6.57. The van der Waals surface area contributed by atoms with Crippen LogP contribution < -0.4 is 0 Å². The Bertz CT molecular complexity index is 40.0. The summed E-state index contributed by atoms with van der Waals surface area (Å²) in [6, 6.07) is 0. The van der Waals surface area contributed by atoms with Crippen molar-refractivity contribution in [2.45, 2.75) is 48.0 Å². The summed E-state index contributed by atoms with van der Waals surface area (Å²) in [5, 5.41) is 0. The maximum absolute atomic E-state index is 2.33. The van der Waals surface area contributed by atoms with E-state index in [9.17, 15) is 0 Å². The van der Waals surface area contributed by atoms with E-state index in [1.165, 1.54) is 12.8 Å². The average molecular weight is 130 g/mol. The fraction of sp³-hybridized carbons (Fsp3) is 1.00. The molecule has 0 aromatic rings. The molecule has 0 heteroatoms. The van der Waals surface area contributed by atoms with E-state index in [-0.39, 0.29) is 7.43 Å². The van der Waals surface area contributed by atoms with Crippen LogP contribution in [0.25, 0.3) is 0 Å². The highest BCUT2D eigenvalue weighted by Crippen LogP contribution is 2.16. The van der Waals surface area contributed by atoms with Gasteiger partial charge in [0.05, 0.1) is 0 Å². The van der Waals surface area contributed by atoms with E-state index in [2.05, 4.69) is 27.7 Å². The molecule has 0 unspecified atom stereocenters. The maximum atomic E-state index is 2.33. The van der Waals surface area contributed by atoms with Crippen molar-refractivity contribution in [2.24, 2.45) is 11.8 Å². The molecule has 0 radical (unpaired) electrons. The molecule has 0 N–H and O–H groups in total. The third-order valence-electron chi connectivity index (χ3n) is 2.26. The molecule has 0 aliphatic heterocycles. The third-order valence-corrected chi connectivity index (χ3v) is 2.26. The van der Waals surface area contributed by atoms with Gasteiger partial charge in [-0.25, -0.2) is 0 Å². The average Bonchev–Trinajstić information content (AvgIpc) is 1.84. The smallest absolute Gasteiger partial charge is 0.0420 e. The molecular formula is C9H22. The van der Waals surface area contributed by atoms with Gasteiger partial charge in [0.25, 0.3) is 0 Å². The van der Waals surface area contributed by atoms with Crippen LogP contribution in [0.2, 0.25) is 0 Å². The minimum absolute atomic E-state index is 0. The second-order valence-corrected chi connectivity index (χ2v) is 2.77. The van der Waals surface area contributed by atoms with Crippen molar-refractivity contribution < 1.29 is 0 Å². The lowest BCUT2D eigenvalue weighted by molar-refractivity contribution is 0.367. The van der Waals surface area contributed by atoms with E-state index in [0.29, 0.717) is 0 Å². The van der Waals surface area contributed by atoms with Crippen LogP contribution in [0.4, 0.5) is 0 Å². The minimum Gasteiger partial charge on any atom is -0.0776 e. The fourth-order valence-corrected chi connectivity index (χ4v) is 0.805. The molecular weight excluding hydrogens is 108 g/mol. The first-order valence-corrected chi connectivity index (χ1v) is 3.72. The van der Waals surface area contributed by atoms with E-state index >= 15 is 0 Å². The molecule has 0 rings (SSSR count). The Morgan fingerprint density at radius 3 is 1.22 bits per heavy atom. The van der Waals surface area contributed by atoms with E-state index < -0.39 is 0 Å². The van der Waals surface area contributed by atoms with Crippen molar-refractivity contribution in [1.29, 1.82) is 0 Å². The Hall–Kier alpha value is 0. The lowest BCUT2D eigenvalue weighted by atomic mass is 9.92. The summed E-state index contributed by atoms with van der Waals surface area (Å²) in [6.45, 7) is 9.18. The van der Waals surface area contributed by atoms with Gasteiger partial charge in [-0.3, -0.25) is 0 Å². The van der Waals surface area contributed by atoms with Crippen LogP contribution >= 0.6 is 0 Å². The predicted molar refractivity (Wildman–Crippen MR) is 45.6 cm³/mol. The first-order chi connectivity index (χ1) is 3.72. The van der Waals surface area contributed by atoms with Crippen LogP contribution in [0, 0.1) is 11.8 Å². The van der Waals surface area contributed by atoms with Gasteiger partial charge in [0.15, 0.2) is 0 Å². The van der Waals surface area contributed by atoms with E-state index in [4.69, 9.17) is 0 Å². The van der Waals surface area contributed by atoms with Gasteiger partial charge in [0, 0.05) is 0 Å². The molecule has 0 fully saturated rings. The van der Waals surface area contributed by atoms with Crippen molar-refractivity contribution >= 4 is 0 Å². The van der Waals surface area contributed by atoms with Crippen molar-refractivity contribution in [2.75, 3.05) is 0 Å². The fourth-order valence-electron chi connectivity index (χ4n) is 0.805. The van der Waals surface area contributed by atoms with Gasteiger partial charge < -0.3 is 0 Å². The quantitative estimate of drug-likeness (QED) is 0.546. The van der Waals surface area contributed by atoms with E-state index in [0.717, 1.165) is 11.8 Å². The second kappa shape index (κ2) is 6.12. The molecule has 0 saturated carbocycles. The number of rotatable bonds is 3. The molecule has 0 amide bonds. The number of hydrogen-bond donors (Lipinski definition) is 0. The van der Waals surface area contributed by atoms with Gasteiger partial charge in [0.2, 0.25) is 0 Å². The highest BCUT2D eigenvalue weighted by atomic mass is 14.1. The normalized spacial score (nSPS) is 16.0. The minimum atomic E-state index is 0. The molecule has 0 aliphatic carbocycles. The Morgan fingerprint density at radius 1 is 0.889 bits per heavy atom. The van der Waals surface area contributed by atoms with Gasteiger partial charge in [-0.2, -0.15) is 0 Å². The molecule has 0 aliphatic rings. The zero-order valence-electron chi connectivity index (χ0n) is 6.57. The third kappa shape index (κ3) is 4.50. The van der Waals surface area contributed by atoms with Crippen LogP contribution in [0.5, 0.6) is 0 Å². The Kier molecular flexibility index (Phi) is 8.00. The van der Waals surface area contributed by atoms with E-state index in [1.807, 2.05) is 0 Å². The molecule has 2 atom stereocenters. The van der Waals surface area contributed by atoms with Crippen molar-refractivity contribution in [3.63, 3.8) is 0 Å². The highest BCUT2D eigenvalue weighted by molar-refractivity contribution is 4.56. The molecule has 0 aromatic carbocycles. The van der Waals surface area contributed by atoms with Crippen LogP contribution in [-0.2, 0) is 0 Å². The maximum Gasteiger partial charge on any atom is -0.0420 e. The Labute approximate surface area is 60.7 Å². The molecule has 58 valence electrons. The van der Waals surface area contributed by atoms with Gasteiger partial charge in [-0.1, -0.05) is 48.0 Å². The predicted octanol–water partition coefficient (Wildman–Crippen LogP) is 3.71. The second-order valence-electron chi connectivity index (χ2n) is 2.77. The van der Waals surface area contributed by atoms with Gasteiger partial charge >= 0.3 is 0 Å². The molecule has 0 spiro atoms. The molecule has 0 bridgehead atoms. The summed E-state index contributed by atoms with van der Waals surface area (Å²) < 4.78 is 0. The highest BCUT2D eigenvalue weighted by Gasteiger charge is 2.05. The summed E-state index contributed by atoms with van der Waals surface area (Å²) in [7, 11) is 0. The van der Waals surface area contributed by atoms with E-state index in [1.54, 1.807) is 0 Å². The van der Waals surface area contributed by atoms with Crippen LogP contribution in [0.3, 0.4) is 0 Å². The van der Waals surface area contributed by atoms with Crippen LogP contribution in [0.15, 0.2) is 0 Å². The molecule has 0 nitrogen and oxygen atoms in total. The van der Waals surface area contributed by atoms with Crippen molar-refractivity contribution in [3.05, 3.63) is 0 Å². The molecule has 0 heterocycles. The Morgan fingerprint density at radius 2 is 1.11 bits per heavy atom. The Balaban J connectivity index is 0. The lowest BCUT2D eigenvalue weighted by Gasteiger charge is -2.14. The zero-order chi connectivity index (χ0) is 6.57. The standard InChI is InChI=1S/C8H18.CH4/c1-5-7(3)8(4)6-2;/h7-8H,5-6H2,1-4H3;1H4/t7-,8-;/m1./s1. The van der Waals surface area contributed by atoms with Crippen LogP contribution in [-0.4, -0.2) is 0 Å². The van der Waals surface area contributed by atoms with Crippen molar-refractivity contribution in [3.8, 4) is 0 Å². The summed E-state index contributed by atoms with van der Waals surface area (Å²) >= 11 is 0. The largest absolute Gasteiger partial charge is 0.0776 e. The molecule has 0 aromatic heterocycles. The van der Waals surface area contributed by atoms with Crippen molar-refractivity contribution in [1.82, 2.24) is 0 Å². The molecule has 0 saturated heterocycles. The van der Waals surface area contributed by atoms with Gasteiger partial charge in [-0.15, -0.1) is 0 Å². The summed E-state index contributed by atoms with van der Waals surface area (Å²) in [6.07, 6.45) is 2.66. The SMILES string of the molecule is C.CC[C@@H](C)[C@H](C)CC. The van der Waals surface area contributed by atoms with Gasteiger partial charge in [0.1, 0.15) is 0 Å². The summed E-state index contributed by atoms with van der Waals surface area (Å²) in [4.78, 5) is 0. The topological polar surface area (TPSA) is 0 Å². The first kappa shape index (κ1) is 11.8. The number of hydrogen-bond acceptors (Lipinski definition) is 0. The molecule has 9 heavy (non-hydrogen) atoms. The summed E-state index contributed by atoms with van der Waals surface area (Å²) in [5.74, 6) is 1.83. The lowest BCUT2D eigenvalue weighted by Crippen LogP contribution is -2.04. The first-order valence-electron chi connectivity index (χ1n) is 3.72.